The molecule has 2 rings (SSSR count). The van der Waals surface area contributed by atoms with E-state index in [1.54, 1.807) is 0 Å². The van der Waals surface area contributed by atoms with Crippen molar-refractivity contribution in [3.05, 3.63) is 0 Å². The quantitative estimate of drug-likeness (QED) is 0.799. The lowest BCUT2D eigenvalue weighted by molar-refractivity contribution is -0.123. The molecule has 1 atom stereocenters. The molecule has 2 amide bonds. The average molecular weight is 268 g/mol. The summed E-state index contributed by atoms with van der Waals surface area (Å²) in [6, 6.07) is 0.0561. The minimum absolute atomic E-state index is 0.0561. The summed E-state index contributed by atoms with van der Waals surface area (Å²) < 4.78 is 5.19. The Hall–Kier alpha value is -1.26. The maximum absolute atomic E-state index is 11.8. The number of carbonyl (C=O) groups is 2. The van der Waals surface area contributed by atoms with Gasteiger partial charge in [0.05, 0.1) is 0 Å². The molecule has 2 aliphatic carbocycles. The van der Waals surface area contributed by atoms with E-state index in [9.17, 15) is 9.59 Å². The van der Waals surface area contributed by atoms with Gasteiger partial charge in [-0.2, -0.15) is 0 Å². The molecule has 0 bridgehead atoms. The zero-order chi connectivity index (χ0) is 14.0. The molecular weight excluding hydrogens is 244 g/mol. The van der Waals surface area contributed by atoms with Crippen LogP contribution in [-0.4, -0.2) is 30.2 Å². The van der Waals surface area contributed by atoms with Crippen LogP contribution in [0.4, 0.5) is 4.79 Å². The van der Waals surface area contributed by atoms with E-state index < -0.39 is 11.7 Å². The standard InChI is InChI=1S/C14H24N2O3/c1-14(2,3)19-13(18)15-8-11(9-4-5-9)16-12(17)10-6-7-10/h9-11H,4-8H2,1-3H3,(H,15,18)(H,16,17)/t11-/m0/s1. The number of alkyl carbamates (subject to hydrolysis) is 1. The number of amides is 2. The highest BCUT2D eigenvalue weighted by atomic mass is 16.6. The third-order valence-corrected chi connectivity index (χ3v) is 3.33. The Morgan fingerprint density at radius 2 is 1.84 bits per heavy atom. The molecule has 0 aliphatic heterocycles. The van der Waals surface area contributed by atoms with E-state index in [-0.39, 0.29) is 17.9 Å². The first-order valence-corrected chi connectivity index (χ1v) is 7.12. The number of nitrogens with one attached hydrogen (secondary N) is 2. The molecule has 0 saturated heterocycles. The molecule has 2 fully saturated rings. The van der Waals surface area contributed by atoms with Crippen molar-refractivity contribution in [1.82, 2.24) is 10.6 Å². The van der Waals surface area contributed by atoms with Gasteiger partial charge >= 0.3 is 6.09 Å². The minimum Gasteiger partial charge on any atom is -0.444 e. The molecule has 0 aromatic heterocycles. The molecule has 2 aliphatic rings. The summed E-state index contributed by atoms with van der Waals surface area (Å²) in [7, 11) is 0. The van der Waals surface area contributed by atoms with Crippen molar-refractivity contribution < 1.29 is 14.3 Å². The van der Waals surface area contributed by atoms with Crippen LogP contribution in [0.25, 0.3) is 0 Å². The predicted octanol–water partition coefficient (Wildman–Crippen LogP) is 1.82. The van der Waals surface area contributed by atoms with Crippen LogP contribution < -0.4 is 10.6 Å². The third kappa shape index (κ3) is 5.09. The van der Waals surface area contributed by atoms with E-state index in [1.807, 2.05) is 20.8 Å². The number of carbonyl (C=O) groups excluding carboxylic acids is 2. The molecule has 0 spiro atoms. The van der Waals surface area contributed by atoms with Crippen LogP contribution in [0.1, 0.15) is 46.5 Å². The Balaban J connectivity index is 1.74. The van der Waals surface area contributed by atoms with Gasteiger partial charge in [-0.25, -0.2) is 4.79 Å². The van der Waals surface area contributed by atoms with Crippen LogP contribution in [-0.2, 0) is 9.53 Å². The molecule has 5 nitrogen and oxygen atoms in total. The number of rotatable bonds is 5. The highest BCUT2D eigenvalue weighted by Crippen LogP contribution is 2.34. The van der Waals surface area contributed by atoms with Gasteiger partial charge in [-0.15, -0.1) is 0 Å². The predicted molar refractivity (Wildman–Crippen MR) is 71.6 cm³/mol. The van der Waals surface area contributed by atoms with Gasteiger partial charge < -0.3 is 15.4 Å². The molecule has 108 valence electrons. The highest BCUT2D eigenvalue weighted by molar-refractivity contribution is 5.81. The number of hydrogen-bond acceptors (Lipinski definition) is 3. The zero-order valence-corrected chi connectivity index (χ0v) is 12.0. The van der Waals surface area contributed by atoms with Crippen molar-refractivity contribution in [3.63, 3.8) is 0 Å². The van der Waals surface area contributed by atoms with Crippen LogP contribution in [0, 0.1) is 11.8 Å². The summed E-state index contributed by atoms with van der Waals surface area (Å²) >= 11 is 0. The van der Waals surface area contributed by atoms with Gasteiger partial charge in [-0.3, -0.25) is 4.79 Å². The fourth-order valence-corrected chi connectivity index (χ4v) is 1.99. The Morgan fingerprint density at radius 3 is 2.32 bits per heavy atom. The summed E-state index contributed by atoms with van der Waals surface area (Å²) in [6.07, 6.45) is 3.85. The van der Waals surface area contributed by atoms with Gasteiger partial charge in [-0.1, -0.05) is 0 Å². The van der Waals surface area contributed by atoms with E-state index in [0.29, 0.717) is 12.5 Å². The zero-order valence-electron chi connectivity index (χ0n) is 12.0. The summed E-state index contributed by atoms with van der Waals surface area (Å²) in [4.78, 5) is 23.4. The number of ether oxygens (including phenoxy) is 1. The summed E-state index contributed by atoms with van der Waals surface area (Å²) in [5, 5.41) is 5.80. The van der Waals surface area contributed by atoms with Gasteiger partial charge in [0.2, 0.25) is 5.91 Å². The lowest BCUT2D eigenvalue weighted by atomic mass is 10.1. The average Bonchev–Trinajstić information content (AvgIpc) is 3.15. The van der Waals surface area contributed by atoms with Crippen molar-refractivity contribution in [1.29, 1.82) is 0 Å². The summed E-state index contributed by atoms with van der Waals surface area (Å²) in [5.41, 5.74) is -0.490. The monoisotopic (exact) mass is 268 g/mol. The van der Waals surface area contributed by atoms with Crippen molar-refractivity contribution in [2.45, 2.75) is 58.1 Å². The van der Waals surface area contributed by atoms with Gasteiger partial charge in [0, 0.05) is 18.5 Å². The summed E-state index contributed by atoms with van der Waals surface area (Å²) in [5.74, 6) is 0.864. The largest absolute Gasteiger partial charge is 0.444 e. The molecule has 0 aromatic rings. The Kier molecular flexibility index (Phi) is 4.02. The molecule has 19 heavy (non-hydrogen) atoms. The van der Waals surface area contributed by atoms with Crippen LogP contribution in [0.3, 0.4) is 0 Å². The summed E-state index contributed by atoms with van der Waals surface area (Å²) in [6.45, 7) is 5.96. The Morgan fingerprint density at radius 1 is 1.21 bits per heavy atom. The fraction of sp³-hybridized carbons (Fsp3) is 0.857. The topological polar surface area (TPSA) is 67.4 Å². The van der Waals surface area contributed by atoms with E-state index in [1.165, 1.54) is 0 Å². The van der Waals surface area contributed by atoms with Crippen LogP contribution in [0.15, 0.2) is 0 Å². The second-order valence-corrected chi connectivity index (χ2v) is 6.61. The first-order chi connectivity index (χ1) is 8.85. The van der Waals surface area contributed by atoms with Crippen molar-refractivity contribution in [3.8, 4) is 0 Å². The molecule has 0 heterocycles. The van der Waals surface area contributed by atoms with E-state index in [4.69, 9.17) is 4.74 Å². The highest BCUT2D eigenvalue weighted by Gasteiger charge is 2.36. The first-order valence-electron chi connectivity index (χ1n) is 7.12. The molecule has 2 saturated carbocycles. The molecule has 2 N–H and O–H groups in total. The maximum atomic E-state index is 11.8. The third-order valence-electron chi connectivity index (χ3n) is 3.33. The lowest BCUT2D eigenvalue weighted by Crippen LogP contribution is -2.46. The SMILES string of the molecule is CC(C)(C)OC(=O)NC[C@H](NC(=O)C1CC1)C1CC1. The number of hydrogen-bond donors (Lipinski definition) is 2. The van der Waals surface area contributed by atoms with Crippen molar-refractivity contribution in [2.75, 3.05) is 6.54 Å². The molecule has 0 unspecified atom stereocenters. The van der Waals surface area contributed by atoms with E-state index >= 15 is 0 Å². The lowest BCUT2D eigenvalue weighted by Gasteiger charge is -2.22. The first kappa shape index (κ1) is 14.2. The molecular formula is C14H24N2O3. The fourth-order valence-electron chi connectivity index (χ4n) is 1.99. The van der Waals surface area contributed by atoms with Crippen LogP contribution >= 0.6 is 0 Å². The van der Waals surface area contributed by atoms with Gasteiger partial charge in [0.15, 0.2) is 0 Å². The van der Waals surface area contributed by atoms with Crippen LogP contribution in [0.2, 0.25) is 0 Å². The Bertz CT molecular complexity index is 354. The van der Waals surface area contributed by atoms with Crippen molar-refractivity contribution >= 4 is 12.0 Å². The normalized spacial score (nSPS) is 20.6. The second-order valence-electron chi connectivity index (χ2n) is 6.61. The second kappa shape index (κ2) is 5.39. The van der Waals surface area contributed by atoms with Gasteiger partial charge in [0.25, 0.3) is 0 Å². The maximum Gasteiger partial charge on any atom is 0.407 e. The molecule has 0 aromatic carbocycles. The van der Waals surface area contributed by atoms with E-state index in [0.717, 1.165) is 25.7 Å². The minimum atomic E-state index is -0.490. The van der Waals surface area contributed by atoms with Crippen LogP contribution in [0.5, 0.6) is 0 Å². The smallest absolute Gasteiger partial charge is 0.407 e. The van der Waals surface area contributed by atoms with Gasteiger partial charge in [-0.05, 0) is 52.4 Å². The molecule has 0 radical (unpaired) electrons. The Labute approximate surface area is 114 Å². The molecule has 5 heteroatoms. The van der Waals surface area contributed by atoms with Gasteiger partial charge in [0.1, 0.15) is 5.60 Å². The van der Waals surface area contributed by atoms with Crippen molar-refractivity contribution in [2.24, 2.45) is 11.8 Å². The van der Waals surface area contributed by atoms with E-state index in [2.05, 4.69) is 10.6 Å².